The predicted octanol–water partition coefficient (Wildman–Crippen LogP) is -0.436. The van der Waals surface area contributed by atoms with Crippen LogP contribution >= 0.6 is 0 Å². The molecule has 0 aliphatic heterocycles. The summed E-state index contributed by atoms with van der Waals surface area (Å²) in [6.45, 7) is 3.88. The van der Waals surface area contributed by atoms with E-state index in [0.29, 0.717) is 13.0 Å². The Bertz CT molecular complexity index is 225. The highest BCUT2D eigenvalue weighted by atomic mass is 16.2. The van der Waals surface area contributed by atoms with E-state index in [2.05, 4.69) is 5.32 Å². The number of carbonyl (C=O) groups excluding carboxylic acids is 2. The monoisotopic (exact) mass is 215 g/mol. The Morgan fingerprint density at radius 1 is 1.40 bits per heavy atom. The second kappa shape index (κ2) is 6.40. The van der Waals surface area contributed by atoms with Gasteiger partial charge < -0.3 is 16.0 Å². The number of hydrogen-bond acceptors (Lipinski definition) is 3. The average Bonchev–Trinajstić information content (AvgIpc) is 2.18. The first kappa shape index (κ1) is 13.9. The van der Waals surface area contributed by atoms with Gasteiger partial charge in [0.05, 0.1) is 0 Å². The van der Waals surface area contributed by atoms with Crippen LogP contribution in [0.25, 0.3) is 0 Å². The molecule has 0 aromatic carbocycles. The first-order valence-electron chi connectivity index (χ1n) is 5.15. The molecule has 0 bridgehead atoms. The highest BCUT2D eigenvalue weighted by Gasteiger charge is 2.21. The van der Waals surface area contributed by atoms with Gasteiger partial charge in [0, 0.05) is 26.6 Å². The second-order valence-electron chi connectivity index (χ2n) is 3.80. The summed E-state index contributed by atoms with van der Waals surface area (Å²) in [6, 6.07) is -0.493. The number of nitrogens with zero attached hydrogens (tertiary/aromatic N) is 1. The molecule has 5 heteroatoms. The number of likely N-dealkylation sites (N-methyl/N-ethyl adjacent to an activating group) is 1. The molecule has 2 atom stereocenters. The Hall–Kier alpha value is -1.10. The highest BCUT2D eigenvalue weighted by molar-refractivity contribution is 5.88. The van der Waals surface area contributed by atoms with Gasteiger partial charge in [-0.2, -0.15) is 0 Å². The minimum absolute atomic E-state index is 0.116. The molecule has 5 nitrogen and oxygen atoms in total. The Kier molecular flexibility index (Phi) is 5.93. The molecule has 0 aliphatic rings. The van der Waals surface area contributed by atoms with Crippen molar-refractivity contribution in [3.8, 4) is 0 Å². The minimum atomic E-state index is -0.493. The van der Waals surface area contributed by atoms with Gasteiger partial charge in [-0.1, -0.05) is 6.92 Å². The van der Waals surface area contributed by atoms with Crippen LogP contribution in [0.2, 0.25) is 0 Å². The number of nitrogens with one attached hydrogen (secondary N) is 1. The molecular formula is C10H21N3O2. The van der Waals surface area contributed by atoms with Crippen molar-refractivity contribution in [3.63, 3.8) is 0 Å². The zero-order valence-corrected chi connectivity index (χ0v) is 9.91. The van der Waals surface area contributed by atoms with Crippen molar-refractivity contribution >= 4 is 11.8 Å². The molecule has 0 spiro atoms. The average molecular weight is 215 g/mol. The van der Waals surface area contributed by atoms with Gasteiger partial charge in [0.25, 0.3) is 0 Å². The Balaban J connectivity index is 4.23. The third-order valence-corrected chi connectivity index (χ3v) is 2.32. The second-order valence-corrected chi connectivity index (χ2v) is 3.80. The Labute approximate surface area is 91.0 Å². The van der Waals surface area contributed by atoms with Crippen LogP contribution in [-0.4, -0.2) is 43.4 Å². The van der Waals surface area contributed by atoms with Gasteiger partial charge in [0.2, 0.25) is 11.8 Å². The number of amides is 2. The summed E-state index contributed by atoms with van der Waals surface area (Å²) in [4.78, 5) is 24.5. The molecule has 88 valence electrons. The lowest BCUT2D eigenvalue weighted by Crippen LogP contribution is -2.47. The maximum Gasteiger partial charge on any atom is 0.244 e. The number of nitrogens with two attached hydrogens (primary N) is 1. The molecule has 2 amide bonds. The van der Waals surface area contributed by atoms with E-state index in [1.54, 1.807) is 21.0 Å². The molecule has 2 unspecified atom stereocenters. The van der Waals surface area contributed by atoms with Crippen LogP contribution in [-0.2, 0) is 9.59 Å². The fraction of sp³-hybridized carbons (Fsp3) is 0.800. The SMILES string of the molecule is CCC(CN)C(=O)NC(C)C(=O)N(C)C. The van der Waals surface area contributed by atoms with E-state index in [-0.39, 0.29) is 17.7 Å². The summed E-state index contributed by atoms with van der Waals surface area (Å²) in [5.74, 6) is -0.472. The van der Waals surface area contributed by atoms with E-state index < -0.39 is 6.04 Å². The molecule has 0 aromatic rings. The molecule has 0 fully saturated rings. The molecule has 0 aliphatic carbocycles. The molecule has 0 rings (SSSR count). The summed E-state index contributed by atoms with van der Waals surface area (Å²) >= 11 is 0. The summed E-state index contributed by atoms with van der Waals surface area (Å²) in [5.41, 5.74) is 5.44. The van der Waals surface area contributed by atoms with Gasteiger partial charge in [0.15, 0.2) is 0 Å². The van der Waals surface area contributed by atoms with Crippen molar-refractivity contribution in [2.75, 3.05) is 20.6 Å². The highest BCUT2D eigenvalue weighted by Crippen LogP contribution is 2.01. The van der Waals surface area contributed by atoms with E-state index in [1.807, 2.05) is 6.92 Å². The lowest BCUT2D eigenvalue weighted by molar-refractivity contribution is -0.135. The summed E-state index contributed by atoms with van der Waals surface area (Å²) in [7, 11) is 3.32. The number of rotatable bonds is 5. The van der Waals surface area contributed by atoms with Crippen molar-refractivity contribution in [2.45, 2.75) is 26.3 Å². The minimum Gasteiger partial charge on any atom is -0.347 e. The summed E-state index contributed by atoms with van der Waals surface area (Å²) in [5, 5.41) is 2.65. The molecule has 3 N–H and O–H groups in total. The topological polar surface area (TPSA) is 75.4 Å². The van der Waals surface area contributed by atoms with Gasteiger partial charge in [0.1, 0.15) is 6.04 Å². The first-order chi connectivity index (χ1) is 6.93. The molecular weight excluding hydrogens is 194 g/mol. The largest absolute Gasteiger partial charge is 0.347 e. The fourth-order valence-corrected chi connectivity index (χ4v) is 1.24. The van der Waals surface area contributed by atoms with E-state index >= 15 is 0 Å². The van der Waals surface area contributed by atoms with Crippen molar-refractivity contribution in [1.82, 2.24) is 10.2 Å². The van der Waals surface area contributed by atoms with Crippen LogP contribution in [0, 0.1) is 5.92 Å². The lowest BCUT2D eigenvalue weighted by atomic mass is 10.1. The van der Waals surface area contributed by atoms with Gasteiger partial charge in [-0.3, -0.25) is 9.59 Å². The third kappa shape index (κ3) is 4.29. The summed E-state index contributed by atoms with van der Waals surface area (Å²) in [6.07, 6.45) is 0.686. The van der Waals surface area contributed by atoms with Crippen LogP contribution in [0.15, 0.2) is 0 Å². The van der Waals surface area contributed by atoms with Crippen molar-refractivity contribution in [1.29, 1.82) is 0 Å². The van der Waals surface area contributed by atoms with E-state index in [0.717, 1.165) is 0 Å². The van der Waals surface area contributed by atoms with Crippen molar-refractivity contribution < 1.29 is 9.59 Å². The van der Waals surface area contributed by atoms with Gasteiger partial charge in [-0.25, -0.2) is 0 Å². The van der Waals surface area contributed by atoms with Crippen LogP contribution < -0.4 is 11.1 Å². The van der Waals surface area contributed by atoms with Crippen molar-refractivity contribution in [2.24, 2.45) is 11.7 Å². The smallest absolute Gasteiger partial charge is 0.244 e. The van der Waals surface area contributed by atoms with Crippen LogP contribution in [0.1, 0.15) is 20.3 Å². The predicted molar refractivity (Wildman–Crippen MR) is 59.1 cm³/mol. The van der Waals surface area contributed by atoms with Crippen LogP contribution in [0.4, 0.5) is 0 Å². The molecule has 15 heavy (non-hydrogen) atoms. The van der Waals surface area contributed by atoms with E-state index in [9.17, 15) is 9.59 Å². The van der Waals surface area contributed by atoms with Crippen LogP contribution in [0.5, 0.6) is 0 Å². The van der Waals surface area contributed by atoms with Gasteiger partial charge in [-0.05, 0) is 13.3 Å². The third-order valence-electron chi connectivity index (χ3n) is 2.32. The fourth-order valence-electron chi connectivity index (χ4n) is 1.24. The van der Waals surface area contributed by atoms with Gasteiger partial charge >= 0.3 is 0 Å². The summed E-state index contributed by atoms with van der Waals surface area (Å²) < 4.78 is 0. The maximum absolute atomic E-state index is 11.6. The van der Waals surface area contributed by atoms with E-state index in [1.165, 1.54) is 4.90 Å². The van der Waals surface area contributed by atoms with E-state index in [4.69, 9.17) is 5.73 Å². The molecule has 0 heterocycles. The lowest BCUT2D eigenvalue weighted by Gasteiger charge is -2.20. The molecule has 0 aromatic heterocycles. The Morgan fingerprint density at radius 3 is 2.27 bits per heavy atom. The zero-order valence-electron chi connectivity index (χ0n) is 9.91. The molecule has 0 radical (unpaired) electrons. The molecule has 0 saturated carbocycles. The maximum atomic E-state index is 11.6. The Morgan fingerprint density at radius 2 is 1.93 bits per heavy atom. The van der Waals surface area contributed by atoms with Crippen LogP contribution in [0.3, 0.4) is 0 Å². The van der Waals surface area contributed by atoms with Crippen molar-refractivity contribution in [3.05, 3.63) is 0 Å². The zero-order chi connectivity index (χ0) is 12.0. The quantitative estimate of drug-likeness (QED) is 0.653. The molecule has 0 saturated heterocycles. The van der Waals surface area contributed by atoms with Gasteiger partial charge in [-0.15, -0.1) is 0 Å². The number of carbonyl (C=O) groups is 2. The number of hydrogen-bond donors (Lipinski definition) is 2. The standard InChI is InChI=1S/C10H21N3O2/c1-5-8(6-11)9(14)12-7(2)10(15)13(3)4/h7-8H,5-6,11H2,1-4H3,(H,12,14). The first-order valence-corrected chi connectivity index (χ1v) is 5.15. The normalized spacial score (nSPS) is 14.2.